The zero-order valence-corrected chi connectivity index (χ0v) is 11.1. The predicted octanol–water partition coefficient (Wildman–Crippen LogP) is 2.09. The molecule has 1 amide bonds. The van der Waals surface area contributed by atoms with E-state index in [2.05, 4.69) is 15.2 Å². The van der Waals surface area contributed by atoms with Crippen LogP contribution in [-0.2, 0) is 6.54 Å². The Hall–Kier alpha value is -2.24. The molecule has 0 spiro atoms. The van der Waals surface area contributed by atoms with Crippen molar-refractivity contribution in [3.05, 3.63) is 47.3 Å². The quantitative estimate of drug-likeness (QED) is 0.928. The summed E-state index contributed by atoms with van der Waals surface area (Å²) in [7, 11) is 1.65. The van der Waals surface area contributed by atoms with E-state index in [4.69, 9.17) is 0 Å². The molecular weight excluding hydrogens is 259 g/mol. The molecule has 0 saturated heterocycles. The van der Waals surface area contributed by atoms with Gasteiger partial charge in [0.1, 0.15) is 11.6 Å². The summed E-state index contributed by atoms with van der Waals surface area (Å²) < 4.78 is 13.1. The van der Waals surface area contributed by atoms with Gasteiger partial charge in [-0.2, -0.15) is 0 Å². The Morgan fingerprint density at radius 3 is 3.00 bits per heavy atom. The molecule has 1 fully saturated rings. The van der Waals surface area contributed by atoms with Crippen LogP contribution >= 0.6 is 0 Å². The lowest BCUT2D eigenvalue weighted by atomic mass is 10.2. The van der Waals surface area contributed by atoms with Crippen LogP contribution in [-0.4, -0.2) is 33.0 Å². The Balaban J connectivity index is 1.69. The van der Waals surface area contributed by atoms with Crippen molar-refractivity contribution in [2.45, 2.75) is 25.3 Å². The van der Waals surface area contributed by atoms with E-state index in [0.717, 1.165) is 24.2 Å². The fourth-order valence-electron chi connectivity index (χ4n) is 2.06. The second-order valence-corrected chi connectivity index (χ2v) is 5.11. The van der Waals surface area contributed by atoms with Gasteiger partial charge in [-0.05, 0) is 30.5 Å². The molecule has 0 bridgehead atoms. The fourth-order valence-corrected chi connectivity index (χ4v) is 2.06. The number of amides is 1. The lowest BCUT2D eigenvalue weighted by Gasteiger charge is -2.15. The highest BCUT2D eigenvalue weighted by molar-refractivity contribution is 5.90. The third-order valence-electron chi connectivity index (χ3n) is 3.31. The Morgan fingerprint density at radius 1 is 1.50 bits per heavy atom. The summed E-state index contributed by atoms with van der Waals surface area (Å²) in [5.41, 5.74) is 0.735. The molecule has 1 saturated carbocycles. The van der Waals surface area contributed by atoms with Crippen molar-refractivity contribution in [2.75, 3.05) is 7.05 Å². The molecule has 0 unspecified atom stereocenters. The van der Waals surface area contributed by atoms with Crippen molar-refractivity contribution in [3.8, 4) is 0 Å². The highest BCUT2D eigenvalue weighted by Crippen LogP contribution is 2.37. The van der Waals surface area contributed by atoms with Gasteiger partial charge >= 0.3 is 0 Å². The summed E-state index contributed by atoms with van der Waals surface area (Å²) in [5.74, 6) is 0.811. The van der Waals surface area contributed by atoms with E-state index in [1.54, 1.807) is 19.2 Å². The molecule has 3 rings (SSSR count). The number of halogens is 1. The van der Waals surface area contributed by atoms with Crippen molar-refractivity contribution >= 4 is 5.91 Å². The van der Waals surface area contributed by atoms with Crippen LogP contribution in [0.3, 0.4) is 0 Å². The van der Waals surface area contributed by atoms with Crippen molar-refractivity contribution in [2.24, 2.45) is 0 Å². The number of benzene rings is 1. The number of aromatic nitrogens is 3. The van der Waals surface area contributed by atoms with Gasteiger partial charge in [-0.15, -0.1) is 5.10 Å². The van der Waals surface area contributed by atoms with Crippen LogP contribution in [0.5, 0.6) is 0 Å². The van der Waals surface area contributed by atoms with Crippen LogP contribution in [0.15, 0.2) is 24.3 Å². The smallest absolute Gasteiger partial charge is 0.293 e. The molecule has 1 N–H and O–H groups in total. The molecule has 1 aromatic carbocycles. The summed E-state index contributed by atoms with van der Waals surface area (Å²) in [5, 5.41) is 6.76. The van der Waals surface area contributed by atoms with Gasteiger partial charge in [-0.1, -0.05) is 12.1 Å². The average molecular weight is 274 g/mol. The molecule has 0 radical (unpaired) electrons. The summed E-state index contributed by atoms with van der Waals surface area (Å²) in [6.45, 7) is 0.323. The van der Waals surface area contributed by atoms with Gasteiger partial charge in [0.2, 0.25) is 5.82 Å². The predicted molar refractivity (Wildman–Crippen MR) is 70.6 cm³/mol. The number of hydrogen-bond acceptors (Lipinski definition) is 3. The summed E-state index contributed by atoms with van der Waals surface area (Å²) in [6.07, 6.45) is 2.20. The number of carbonyl (C=O) groups excluding carboxylic acids is 1. The first kappa shape index (κ1) is 12.8. The minimum Gasteiger partial charge on any atom is -0.335 e. The minimum absolute atomic E-state index is 0.172. The lowest BCUT2D eigenvalue weighted by Crippen LogP contribution is -2.27. The standard InChI is InChI=1S/C14H15FN4O/c1-19(8-9-3-2-4-11(15)7-9)14(20)13-16-12(17-18-13)10-5-6-10/h2-4,7,10H,5-6,8H2,1H3,(H,16,17,18). The van der Waals surface area contributed by atoms with Gasteiger partial charge in [0.15, 0.2) is 0 Å². The van der Waals surface area contributed by atoms with Crippen LogP contribution in [0.2, 0.25) is 0 Å². The van der Waals surface area contributed by atoms with E-state index >= 15 is 0 Å². The van der Waals surface area contributed by atoms with Gasteiger partial charge in [-0.3, -0.25) is 9.89 Å². The second-order valence-electron chi connectivity index (χ2n) is 5.11. The molecule has 6 heteroatoms. The largest absolute Gasteiger partial charge is 0.335 e. The van der Waals surface area contributed by atoms with Gasteiger partial charge in [0.25, 0.3) is 5.91 Å². The molecule has 5 nitrogen and oxygen atoms in total. The fraction of sp³-hybridized carbons (Fsp3) is 0.357. The van der Waals surface area contributed by atoms with E-state index in [-0.39, 0.29) is 17.5 Å². The summed E-state index contributed by atoms with van der Waals surface area (Å²) in [4.78, 5) is 17.9. The van der Waals surface area contributed by atoms with Crippen LogP contribution in [0.25, 0.3) is 0 Å². The topological polar surface area (TPSA) is 61.9 Å². The highest BCUT2D eigenvalue weighted by atomic mass is 19.1. The first-order valence-electron chi connectivity index (χ1n) is 6.55. The molecule has 0 aliphatic heterocycles. The van der Waals surface area contributed by atoms with Crippen molar-refractivity contribution in [1.82, 2.24) is 20.1 Å². The maximum atomic E-state index is 13.1. The summed E-state index contributed by atoms with van der Waals surface area (Å²) >= 11 is 0. The SMILES string of the molecule is CN(Cc1cccc(F)c1)C(=O)c1n[nH]c(C2CC2)n1. The number of hydrogen-bond donors (Lipinski definition) is 1. The Morgan fingerprint density at radius 2 is 2.30 bits per heavy atom. The Bertz CT molecular complexity index is 636. The van der Waals surface area contributed by atoms with Crippen molar-refractivity contribution < 1.29 is 9.18 Å². The van der Waals surface area contributed by atoms with Crippen LogP contribution in [0.1, 0.15) is 40.8 Å². The molecule has 104 valence electrons. The van der Waals surface area contributed by atoms with E-state index in [9.17, 15) is 9.18 Å². The van der Waals surface area contributed by atoms with Crippen molar-refractivity contribution in [1.29, 1.82) is 0 Å². The maximum Gasteiger partial charge on any atom is 0.293 e. The number of aromatic amines is 1. The van der Waals surface area contributed by atoms with E-state index in [0.29, 0.717) is 12.5 Å². The molecule has 1 aliphatic rings. The first-order chi connectivity index (χ1) is 9.63. The number of nitrogens with zero attached hydrogens (tertiary/aromatic N) is 3. The Kier molecular flexibility index (Phi) is 3.22. The van der Waals surface area contributed by atoms with Gasteiger partial charge in [-0.25, -0.2) is 9.37 Å². The molecule has 1 aromatic heterocycles. The van der Waals surface area contributed by atoms with Crippen LogP contribution in [0, 0.1) is 5.82 Å². The normalized spacial score (nSPS) is 14.3. The van der Waals surface area contributed by atoms with Gasteiger partial charge < -0.3 is 4.90 Å². The van der Waals surface area contributed by atoms with E-state index < -0.39 is 0 Å². The van der Waals surface area contributed by atoms with Crippen molar-refractivity contribution in [3.63, 3.8) is 0 Å². The minimum atomic E-state index is -0.308. The zero-order valence-electron chi connectivity index (χ0n) is 11.1. The first-order valence-corrected chi connectivity index (χ1v) is 6.55. The van der Waals surface area contributed by atoms with E-state index in [1.165, 1.54) is 17.0 Å². The molecule has 20 heavy (non-hydrogen) atoms. The second kappa shape index (κ2) is 5.03. The molecule has 0 atom stereocenters. The highest BCUT2D eigenvalue weighted by Gasteiger charge is 2.28. The van der Waals surface area contributed by atoms with Gasteiger partial charge in [0.05, 0.1) is 0 Å². The number of rotatable bonds is 4. The van der Waals surface area contributed by atoms with Gasteiger partial charge in [0, 0.05) is 19.5 Å². The monoisotopic (exact) mass is 274 g/mol. The van der Waals surface area contributed by atoms with Crippen LogP contribution in [0.4, 0.5) is 4.39 Å². The molecule has 1 heterocycles. The third kappa shape index (κ3) is 2.68. The number of H-pyrrole nitrogens is 1. The number of nitrogens with one attached hydrogen (secondary N) is 1. The molecule has 2 aromatic rings. The lowest BCUT2D eigenvalue weighted by molar-refractivity contribution is 0.0773. The zero-order chi connectivity index (χ0) is 14.1. The molecular formula is C14H15FN4O. The van der Waals surface area contributed by atoms with E-state index in [1.807, 2.05) is 0 Å². The third-order valence-corrected chi connectivity index (χ3v) is 3.31. The number of carbonyl (C=O) groups is 1. The Labute approximate surface area is 115 Å². The maximum absolute atomic E-state index is 13.1. The molecule has 1 aliphatic carbocycles. The summed E-state index contributed by atoms with van der Waals surface area (Å²) in [6, 6.07) is 6.20. The average Bonchev–Trinajstić information content (AvgIpc) is 3.16. The van der Waals surface area contributed by atoms with Crippen LogP contribution < -0.4 is 0 Å².